The van der Waals surface area contributed by atoms with E-state index in [1.165, 1.54) is 19.2 Å². The highest BCUT2D eigenvalue weighted by atomic mass is 35.5. The van der Waals surface area contributed by atoms with E-state index >= 15 is 0 Å². The molecule has 1 N–H and O–H groups in total. The molecule has 0 radical (unpaired) electrons. The number of hydrogen-bond donors (Lipinski definition) is 1. The van der Waals surface area contributed by atoms with Gasteiger partial charge in [-0.05, 0) is 24.5 Å². The fraction of sp³-hybridized carbons (Fsp3) is 0.364. The van der Waals surface area contributed by atoms with Gasteiger partial charge in [0.1, 0.15) is 0 Å². The molecule has 0 bridgehead atoms. The number of aliphatic carboxylic acids is 1. The minimum Gasteiger partial charge on any atom is -0.494 e. The quantitative estimate of drug-likeness (QED) is 0.869. The summed E-state index contributed by atoms with van der Waals surface area (Å²) < 4.78 is 18.5. The lowest BCUT2D eigenvalue weighted by Gasteiger charge is -2.07. The van der Waals surface area contributed by atoms with Crippen molar-refractivity contribution in [2.24, 2.45) is 0 Å². The van der Waals surface area contributed by atoms with Crippen molar-refractivity contribution < 1.29 is 19.0 Å². The molecule has 3 nitrogen and oxygen atoms in total. The van der Waals surface area contributed by atoms with Crippen molar-refractivity contribution in [1.82, 2.24) is 0 Å². The second-order valence-electron chi connectivity index (χ2n) is 3.33. The number of carboxylic acid groups (broad SMARTS) is 1. The maximum atomic E-state index is 13.6. The third-order valence-corrected chi connectivity index (χ3v) is 2.35. The first-order chi connectivity index (χ1) is 7.54. The van der Waals surface area contributed by atoms with Crippen molar-refractivity contribution in [2.75, 3.05) is 7.11 Å². The lowest BCUT2D eigenvalue weighted by atomic mass is 10.1. The van der Waals surface area contributed by atoms with Crippen molar-refractivity contribution >= 4 is 17.6 Å². The summed E-state index contributed by atoms with van der Waals surface area (Å²) in [6, 6.07) is 2.87. The maximum Gasteiger partial charge on any atom is 0.303 e. The average Bonchev–Trinajstić information content (AvgIpc) is 2.22. The summed E-state index contributed by atoms with van der Waals surface area (Å²) in [5.41, 5.74) is 0.380. The normalized spacial score (nSPS) is 10.2. The van der Waals surface area contributed by atoms with Crippen LogP contribution >= 0.6 is 11.6 Å². The molecule has 0 atom stereocenters. The smallest absolute Gasteiger partial charge is 0.303 e. The first-order valence-corrected chi connectivity index (χ1v) is 5.16. The monoisotopic (exact) mass is 246 g/mol. The summed E-state index contributed by atoms with van der Waals surface area (Å²) in [6.45, 7) is 0. The van der Waals surface area contributed by atoms with Crippen LogP contribution in [0.25, 0.3) is 0 Å². The number of carboxylic acids is 1. The molecule has 0 saturated heterocycles. The Morgan fingerprint density at radius 3 is 2.81 bits per heavy atom. The second kappa shape index (κ2) is 5.70. The summed E-state index contributed by atoms with van der Waals surface area (Å²) in [5.74, 6) is -1.29. The first kappa shape index (κ1) is 12.8. The van der Waals surface area contributed by atoms with Gasteiger partial charge >= 0.3 is 5.97 Å². The van der Waals surface area contributed by atoms with Gasteiger partial charge in [-0.25, -0.2) is 4.39 Å². The molecule has 0 heterocycles. The summed E-state index contributed by atoms with van der Waals surface area (Å²) in [7, 11) is 1.36. The number of ether oxygens (including phenoxy) is 1. The number of rotatable bonds is 5. The highest BCUT2D eigenvalue weighted by Gasteiger charge is 2.11. The Morgan fingerprint density at radius 2 is 2.25 bits per heavy atom. The summed E-state index contributed by atoms with van der Waals surface area (Å²) in [4.78, 5) is 10.3. The molecule has 1 rings (SSSR count). The fourth-order valence-electron chi connectivity index (χ4n) is 1.38. The third kappa shape index (κ3) is 3.38. The maximum absolute atomic E-state index is 13.6. The number of halogens is 2. The lowest BCUT2D eigenvalue weighted by molar-refractivity contribution is -0.137. The van der Waals surface area contributed by atoms with E-state index in [1.807, 2.05) is 0 Å². The molecular formula is C11H12ClFO3. The number of benzene rings is 1. The highest BCUT2D eigenvalue weighted by molar-refractivity contribution is 6.30. The SMILES string of the molecule is COc1cc(Cl)cc(CCCC(=O)O)c1F. The van der Waals surface area contributed by atoms with Crippen LogP contribution in [-0.2, 0) is 11.2 Å². The molecule has 0 aliphatic heterocycles. The highest BCUT2D eigenvalue weighted by Crippen LogP contribution is 2.26. The van der Waals surface area contributed by atoms with Crippen LogP contribution < -0.4 is 4.74 Å². The predicted octanol–water partition coefficient (Wildman–Crippen LogP) is 2.90. The molecule has 0 fully saturated rings. The van der Waals surface area contributed by atoms with Crippen LogP contribution in [0.1, 0.15) is 18.4 Å². The molecule has 0 aromatic heterocycles. The Bertz CT molecular complexity index is 393. The molecule has 0 unspecified atom stereocenters. The van der Waals surface area contributed by atoms with Gasteiger partial charge in [0.05, 0.1) is 7.11 Å². The largest absolute Gasteiger partial charge is 0.494 e. The van der Waals surface area contributed by atoms with E-state index in [2.05, 4.69) is 0 Å². The molecular weight excluding hydrogens is 235 g/mol. The fourth-order valence-corrected chi connectivity index (χ4v) is 1.61. The van der Waals surface area contributed by atoms with E-state index in [0.29, 0.717) is 23.4 Å². The Morgan fingerprint density at radius 1 is 1.56 bits per heavy atom. The molecule has 0 spiro atoms. The van der Waals surface area contributed by atoms with Crippen molar-refractivity contribution in [3.63, 3.8) is 0 Å². The molecule has 0 aliphatic rings. The third-order valence-electron chi connectivity index (χ3n) is 2.14. The Kier molecular flexibility index (Phi) is 4.55. The van der Waals surface area contributed by atoms with E-state index in [-0.39, 0.29) is 12.2 Å². The molecule has 1 aromatic rings. The van der Waals surface area contributed by atoms with Gasteiger partial charge in [0.2, 0.25) is 0 Å². The molecule has 16 heavy (non-hydrogen) atoms. The zero-order valence-corrected chi connectivity index (χ0v) is 9.55. The standard InChI is InChI=1S/C11H12ClFO3/c1-16-9-6-8(12)5-7(11(9)13)3-2-4-10(14)15/h5-6H,2-4H2,1H3,(H,14,15). The van der Waals surface area contributed by atoms with Crippen LogP contribution in [0.4, 0.5) is 4.39 Å². The van der Waals surface area contributed by atoms with Gasteiger partial charge in [-0.1, -0.05) is 11.6 Å². The van der Waals surface area contributed by atoms with Crippen molar-refractivity contribution in [2.45, 2.75) is 19.3 Å². The number of carbonyl (C=O) groups is 1. The zero-order chi connectivity index (χ0) is 12.1. The molecule has 0 saturated carbocycles. The minimum absolute atomic E-state index is 0.00820. The number of methoxy groups -OCH3 is 1. The zero-order valence-electron chi connectivity index (χ0n) is 8.80. The summed E-state index contributed by atoms with van der Waals surface area (Å²) >= 11 is 5.78. The van der Waals surface area contributed by atoms with Crippen LogP contribution in [0.3, 0.4) is 0 Å². The van der Waals surface area contributed by atoms with Gasteiger partial charge in [0.15, 0.2) is 11.6 Å². The van der Waals surface area contributed by atoms with Gasteiger partial charge in [0.25, 0.3) is 0 Å². The van der Waals surface area contributed by atoms with E-state index in [1.54, 1.807) is 0 Å². The van der Waals surface area contributed by atoms with Gasteiger partial charge in [-0.15, -0.1) is 0 Å². The average molecular weight is 247 g/mol. The molecule has 0 aliphatic carbocycles. The predicted molar refractivity (Wildman–Crippen MR) is 58.5 cm³/mol. The molecule has 0 amide bonds. The van der Waals surface area contributed by atoms with Crippen molar-refractivity contribution in [3.05, 3.63) is 28.5 Å². The Hall–Kier alpha value is -1.29. The van der Waals surface area contributed by atoms with Crippen LogP contribution in [-0.4, -0.2) is 18.2 Å². The Labute approximate surface area is 97.8 Å². The van der Waals surface area contributed by atoms with Crippen molar-refractivity contribution in [1.29, 1.82) is 0 Å². The topological polar surface area (TPSA) is 46.5 Å². The van der Waals surface area contributed by atoms with Crippen molar-refractivity contribution in [3.8, 4) is 5.75 Å². The second-order valence-corrected chi connectivity index (χ2v) is 3.76. The van der Waals surface area contributed by atoms with Crippen LogP contribution in [0.2, 0.25) is 5.02 Å². The number of hydrogen-bond acceptors (Lipinski definition) is 2. The van der Waals surface area contributed by atoms with E-state index < -0.39 is 11.8 Å². The van der Waals surface area contributed by atoms with Crippen LogP contribution in [0.15, 0.2) is 12.1 Å². The Balaban J connectivity index is 2.78. The number of aryl methyl sites for hydroxylation is 1. The van der Waals surface area contributed by atoms with Gasteiger partial charge < -0.3 is 9.84 Å². The van der Waals surface area contributed by atoms with E-state index in [4.69, 9.17) is 21.4 Å². The molecule has 5 heteroatoms. The molecule has 1 aromatic carbocycles. The van der Waals surface area contributed by atoms with Gasteiger partial charge in [0, 0.05) is 17.5 Å². The molecule has 88 valence electrons. The summed E-state index contributed by atoms with van der Waals surface area (Å²) in [6.07, 6.45) is 0.707. The van der Waals surface area contributed by atoms with E-state index in [0.717, 1.165) is 0 Å². The first-order valence-electron chi connectivity index (χ1n) is 4.78. The van der Waals surface area contributed by atoms with E-state index in [9.17, 15) is 9.18 Å². The van der Waals surface area contributed by atoms with Crippen LogP contribution in [0, 0.1) is 5.82 Å². The van der Waals surface area contributed by atoms with Gasteiger partial charge in [-0.2, -0.15) is 0 Å². The minimum atomic E-state index is -0.894. The van der Waals surface area contributed by atoms with Gasteiger partial charge in [-0.3, -0.25) is 4.79 Å². The summed E-state index contributed by atoms with van der Waals surface area (Å²) in [5, 5.41) is 8.85. The lowest BCUT2D eigenvalue weighted by Crippen LogP contribution is -1.99. The van der Waals surface area contributed by atoms with Crippen LogP contribution in [0.5, 0.6) is 5.75 Å².